The molecule has 1 unspecified atom stereocenters. The molecule has 1 atom stereocenters. The van der Waals surface area contributed by atoms with Crippen LogP contribution in [-0.4, -0.2) is 40.8 Å². The minimum Gasteiger partial charge on any atom is -0.384 e. The minimum absolute atomic E-state index is 0.436. The van der Waals surface area contributed by atoms with Crippen LogP contribution in [0.4, 0.5) is 0 Å². The first-order valence-electron chi connectivity index (χ1n) is 5.96. The maximum atomic E-state index is 10.4. The van der Waals surface area contributed by atoms with Crippen molar-refractivity contribution in [3.63, 3.8) is 0 Å². The topological polar surface area (TPSA) is 56.5 Å². The normalized spacial score (nSPS) is 13.9. The van der Waals surface area contributed by atoms with Crippen LogP contribution >= 0.6 is 11.6 Å². The molecular weight excluding hydrogens is 256 g/mol. The first kappa shape index (κ1) is 15.4. The number of aromatic nitrogens is 2. The molecule has 104 valence electrons. The van der Waals surface area contributed by atoms with Crippen LogP contribution in [0.1, 0.15) is 32.6 Å². The molecule has 0 aliphatic rings. The van der Waals surface area contributed by atoms with Crippen LogP contribution < -0.4 is 0 Å². The van der Waals surface area contributed by atoms with E-state index in [9.17, 15) is 5.11 Å². The van der Waals surface area contributed by atoms with Crippen molar-refractivity contribution in [3.05, 3.63) is 16.9 Å². The maximum Gasteiger partial charge on any atom is 0.125 e. The zero-order valence-electron chi connectivity index (χ0n) is 11.3. The van der Waals surface area contributed by atoms with Crippen LogP contribution in [0.25, 0.3) is 0 Å². The molecule has 0 amide bonds. The zero-order valence-corrected chi connectivity index (χ0v) is 12.1. The van der Waals surface area contributed by atoms with E-state index in [1.54, 1.807) is 11.8 Å². The summed E-state index contributed by atoms with van der Waals surface area (Å²) < 4.78 is 12.2. The molecule has 0 aliphatic carbocycles. The van der Waals surface area contributed by atoms with Crippen molar-refractivity contribution in [1.29, 1.82) is 0 Å². The van der Waals surface area contributed by atoms with E-state index in [2.05, 4.69) is 5.10 Å². The molecule has 1 aromatic heterocycles. The van der Waals surface area contributed by atoms with Gasteiger partial charge in [0.1, 0.15) is 6.10 Å². The molecule has 0 fully saturated rings. The summed E-state index contributed by atoms with van der Waals surface area (Å²) in [5, 5.41) is 15.0. The van der Waals surface area contributed by atoms with E-state index in [4.69, 9.17) is 21.1 Å². The van der Waals surface area contributed by atoms with Crippen LogP contribution in [0.3, 0.4) is 0 Å². The highest BCUT2D eigenvalue weighted by atomic mass is 35.5. The predicted octanol–water partition coefficient (Wildman–Crippen LogP) is 2.03. The van der Waals surface area contributed by atoms with Gasteiger partial charge in [-0.3, -0.25) is 4.68 Å². The second kappa shape index (κ2) is 6.52. The molecule has 0 saturated heterocycles. The highest BCUT2D eigenvalue weighted by Crippen LogP contribution is 2.33. The Balaban J connectivity index is 2.96. The van der Waals surface area contributed by atoms with E-state index < -0.39 is 11.7 Å². The Bertz CT molecular complexity index is 379. The van der Waals surface area contributed by atoms with Crippen LogP contribution in [0, 0.1) is 0 Å². The molecule has 18 heavy (non-hydrogen) atoms. The van der Waals surface area contributed by atoms with Gasteiger partial charge in [-0.1, -0.05) is 11.6 Å². The predicted molar refractivity (Wildman–Crippen MR) is 69.8 cm³/mol. The lowest BCUT2D eigenvalue weighted by Crippen LogP contribution is -2.34. The molecule has 0 bridgehead atoms. The van der Waals surface area contributed by atoms with E-state index in [1.165, 1.54) is 6.20 Å². The average molecular weight is 277 g/mol. The van der Waals surface area contributed by atoms with Crippen molar-refractivity contribution >= 4 is 11.6 Å². The SMILES string of the molecule is CCOC(C)(C)C(O)c1c(Cl)cnn1CCOC. The number of halogens is 1. The van der Waals surface area contributed by atoms with Gasteiger partial charge in [0.2, 0.25) is 0 Å². The van der Waals surface area contributed by atoms with Gasteiger partial charge in [0.15, 0.2) is 0 Å². The average Bonchev–Trinajstić information content (AvgIpc) is 2.66. The van der Waals surface area contributed by atoms with Crippen LogP contribution in [0.2, 0.25) is 5.02 Å². The minimum atomic E-state index is -0.843. The largest absolute Gasteiger partial charge is 0.384 e. The van der Waals surface area contributed by atoms with E-state index in [-0.39, 0.29) is 0 Å². The van der Waals surface area contributed by atoms with Crippen molar-refractivity contribution in [1.82, 2.24) is 9.78 Å². The third kappa shape index (κ3) is 3.45. The highest BCUT2D eigenvalue weighted by Gasteiger charge is 2.33. The van der Waals surface area contributed by atoms with Gasteiger partial charge in [0.25, 0.3) is 0 Å². The molecule has 0 aliphatic heterocycles. The Hall–Kier alpha value is -0.620. The lowest BCUT2D eigenvalue weighted by Gasteiger charge is -2.30. The first-order chi connectivity index (χ1) is 8.44. The highest BCUT2D eigenvalue weighted by molar-refractivity contribution is 6.31. The Morgan fingerprint density at radius 1 is 1.56 bits per heavy atom. The maximum absolute atomic E-state index is 10.4. The quantitative estimate of drug-likeness (QED) is 0.828. The Labute approximate surface area is 113 Å². The molecule has 0 spiro atoms. The number of hydrogen-bond donors (Lipinski definition) is 1. The van der Waals surface area contributed by atoms with Gasteiger partial charge in [-0.05, 0) is 20.8 Å². The Kier molecular flexibility index (Phi) is 5.59. The van der Waals surface area contributed by atoms with Gasteiger partial charge >= 0.3 is 0 Å². The van der Waals surface area contributed by atoms with Crippen LogP contribution in [0.15, 0.2) is 6.20 Å². The third-order valence-electron chi connectivity index (χ3n) is 2.77. The molecule has 1 rings (SSSR count). The van der Waals surface area contributed by atoms with Gasteiger partial charge in [0.05, 0.1) is 35.7 Å². The fraction of sp³-hybridized carbons (Fsp3) is 0.750. The lowest BCUT2D eigenvalue weighted by molar-refractivity contribution is -0.101. The number of aliphatic hydroxyl groups is 1. The van der Waals surface area contributed by atoms with Crippen molar-refractivity contribution in [3.8, 4) is 0 Å². The van der Waals surface area contributed by atoms with Crippen molar-refractivity contribution < 1.29 is 14.6 Å². The summed E-state index contributed by atoms with van der Waals surface area (Å²) in [5.74, 6) is 0. The summed E-state index contributed by atoms with van der Waals surface area (Å²) >= 11 is 6.09. The van der Waals surface area contributed by atoms with Crippen LogP contribution in [-0.2, 0) is 16.0 Å². The van der Waals surface area contributed by atoms with E-state index in [0.29, 0.717) is 30.5 Å². The summed E-state index contributed by atoms with van der Waals surface area (Å²) in [7, 11) is 1.62. The Morgan fingerprint density at radius 3 is 2.78 bits per heavy atom. The summed E-state index contributed by atoms with van der Waals surface area (Å²) in [6.45, 7) is 7.10. The fourth-order valence-corrected chi connectivity index (χ4v) is 2.02. The number of aliphatic hydroxyl groups excluding tert-OH is 1. The molecule has 0 saturated carbocycles. The van der Waals surface area contributed by atoms with Crippen molar-refractivity contribution in [2.75, 3.05) is 20.3 Å². The first-order valence-corrected chi connectivity index (χ1v) is 6.34. The third-order valence-corrected chi connectivity index (χ3v) is 3.07. The number of methoxy groups -OCH3 is 1. The summed E-state index contributed by atoms with van der Waals surface area (Å²) in [4.78, 5) is 0. The molecule has 1 N–H and O–H groups in total. The van der Waals surface area contributed by atoms with Crippen molar-refractivity contribution in [2.24, 2.45) is 0 Å². The van der Waals surface area contributed by atoms with Gasteiger partial charge in [-0.15, -0.1) is 0 Å². The van der Waals surface area contributed by atoms with Gasteiger partial charge in [-0.25, -0.2) is 0 Å². The smallest absolute Gasteiger partial charge is 0.125 e. The van der Waals surface area contributed by atoms with E-state index in [0.717, 1.165) is 0 Å². The van der Waals surface area contributed by atoms with Crippen LogP contribution in [0.5, 0.6) is 0 Å². The van der Waals surface area contributed by atoms with Crippen molar-refractivity contribution in [2.45, 2.75) is 39.0 Å². The molecule has 0 radical (unpaired) electrons. The number of hydrogen-bond acceptors (Lipinski definition) is 4. The second-order valence-corrected chi connectivity index (χ2v) is 4.94. The second-order valence-electron chi connectivity index (χ2n) is 4.53. The fourth-order valence-electron chi connectivity index (χ4n) is 1.78. The Morgan fingerprint density at radius 2 is 2.22 bits per heavy atom. The van der Waals surface area contributed by atoms with Gasteiger partial charge in [-0.2, -0.15) is 5.10 Å². The monoisotopic (exact) mass is 276 g/mol. The number of ether oxygens (including phenoxy) is 2. The summed E-state index contributed by atoms with van der Waals surface area (Å²) in [5.41, 5.74) is -0.157. The summed E-state index contributed by atoms with van der Waals surface area (Å²) in [6, 6.07) is 0. The molecular formula is C12H21ClN2O3. The van der Waals surface area contributed by atoms with E-state index >= 15 is 0 Å². The number of nitrogens with zero attached hydrogens (tertiary/aromatic N) is 2. The molecule has 5 nitrogen and oxygen atoms in total. The lowest BCUT2D eigenvalue weighted by atomic mass is 9.98. The molecule has 0 aromatic carbocycles. The molecule has 1 heterocycles. The zero-order chi connectivity index (χ0) is 13.8. The molecule has 6 heteroatoms. The standard InChI is InChI=1S/C12H21ClN2O3/c1-5-18-12(2,3)11(16)10-9(13)8-14-15(10)6-7-17-4/h8,11,16H,5-7H2,1-4H3. The van der Waals surface area contributed by atoms with Gasteiger partial charge in [0, 0.05) is 13.7 Å². The summed E-state index contributed by atoms with van der Waals surface area (Å²) in [6.07, 6.45) is 0.682. The molecule has 1 aromatic rings. The van der Waals surface area contributed by atoms with Gasteiger partial charge < -0.3 is 14.6 Å². The number of rotatable bonds is 7. The van der Waals surface area contributed by atoms with E-state index in [1.807, 2.05) is 20.8 Å².